The molecule has 4 N–H and O–H groups in total. The molecule has 1 spiro atoms. The highest BCUT2D eigenvalue weighted by atomic mass is 16.5. The fourth-order valence-corrected chi connectivity index (χ4v) is 6.29. The minimum atomic E-state index is -1.17. The highest BCUT2D eigenvalue weighted by molar-refractivity contribution is 5.97. The summed E-state index contributed by atoms with van der Waals surface area (Å²) >= 11 is 0. The molecule has 5 rings (SSSR count). The zero-order valence-electron chi connectivity index (χ0n) is 15.4. The number of piperidine rings is 1. The number of carbonyl (C=O) groups is 1. The molecule has 0 saturated carbocycles. The van der Waals surface area contributed by atoms with Gasteiger partial charge in [-0.1, -0.05) is 18.7 Å². The Balaban J connectivity index is 1.83. The van der Waals surface area contributed by atoms with Crippen LogP contribution in [0, 0.1) is 0 Å². The second-order valence-corrected chi connectivity index (χ2v) is 8.67. The zero-order chi connectivity index (χ0) is 19.2. The maximum atomic E-state index is 12.1. The van der Waals surface area contributed by atoms with Gasteiger partial charge >= 0.3 is 0 Å². The maximum absolute atomic E-state index is 12.1. The molecule has 0 aromatic heterocycles. The molecule has 4 aliphatic rings. The summed E-state index contributed by atoms with van der Waals surface area (Å²) in [5.74, 6) is -0.108. The Labute approximate surface area is 158 Å². The van der Waals surface area contributed by atoms with Crippen LogP contribution in [0.4, 0.5) is 0 Å². The van der Waals surface area contributed by atoms with Gasteiger partial charge < -0.3 is 25.2 Å². The third-order valence-corrected chi connectivity index (χ3v) is 7.50. The van der Waals surface area contributed by atoms with E-state index in [1.54, 1.807) is 18.2 Å². The Morgan fingerprint density at radius 1 is 1.52 bits per heavy atom. The van der Waals surface area contributed by atoms with Gasteiger partial charge in [0.15, 0.2) is 0 Å². The summed E-state index contributed by atoms with van der Waals surface area (Å²) < 4.78 is 6.87. The van der Waals surface area contributed by atoms with Gasteiger partial charge in [0.05, 0.1) is 31.1 Å². The smallest absolute Gasteiger partial charge is 0.252 e. The molecule has 6 atom stereocenters. The van der Waals surface area contributed by atoms with E-state index in [0.717, 1.165) is 24.2 Å². The third kappa shape index (κ3) is 1.74. The molecular formula is C21H25N2O4+. The highest BCUT2D eigenvalue weighted by Gasteiger charge is 2.75. The summed E-state index contributed by atoms with van der Waals surface area (Å²) in [7, 11) is 2.16. The van der Waals surface area contributed by atoms with E-state index < -0.39 is 29.1 Å². The van der Waals surface area contributed by atoms with Gasteiger partial charge in [-0.2, -0.15) is 0 Å². The Kier molecular flexibility index (Phi) is 3.15. The van der Waals surface area contributed by atoms with Gasteiger partial charge in [0.1, 0.15) is 29.6 Å². The maximum Gasteiger partial charge on any atom is 0.252 e. The van der Waals surface area contributed by atoms with Crippen molar-refractivity contribution in [1.82, 2.24) is 0 Å². The van der Waals surface area contributed by atoms with Gasteiger partial charge in [0, 0.05) is 18.4 Å². The number of likely N-dealkylation sites (tertiary alicyclic amines) is 1. The van der Waals surface area contributed by atoms with Crippen molar-refractivity contribution in [2.45, 2.75) is 42.1 Å². The first-order valence-corrected chi connectivity index (χ1v) is 9.46. The average molecular weight is 369 g/mol. The van der Waals surface area contributed by atoms with Gasteiger partial charge in [0.25, 0.3) is 5.91 Å². The SMILES string of the molecule is C=CC[N+]1(C)CC[C@]23c4c5ccc(C(N)=O)c4O[C@H]2[C@@H](O)C=C[C@@]3(O)[C@H]1C5. The van der Waals surface area contributed by atoms with Gasteiger partial charge in [-0.3, -0.25) is 4.79 Å². The number of likely N-dealkylation sites (N-methyl/N-ethyl adjacent to an activating group) is 1. The molecule has 6 nitrogen and oxygen atoms in total. The van der Waals surface area contributed by atoms with Gasteiger partial charge in [0.2, 0.25) is 0 Å². The van der Waals surface area contributed by atoms with Crippen molar-refractivity contribution in [3.63, 3.8) is 0 Å². The second-order valence-electron chi connectivity index (χ2n) is 8.67. The lowest BCUT2D eigenvalue weighted by Gasteiger charge is -2.63. The van der Waals surface area contributed by atoms with Gasteiger partial charge in [-0.15, -0.1) is 0 Å². The largest absolute Gasteiger partial charge is 0.485 e. The van der Waals surface area contributed by atoms with Crippen molar-refractivity contribution >= 4 is 5.91 Å². The monoisotopic (exact) mass is 369 g/mol. The lowest BCUT2D eigenvalue weighted by Crippen LogP contribution is -2.79. The number of hydrogen-bond donors (Lipinski definition) is 3. The van der Waals surface area contributed by atoms with Crippen LogP contribution < -0.4 is 10.5 Å². The number of primary amides is 1. The van der Waals surface area contributed by atoms with Crippen LogP contribution >= 0.6 is 0 Å². The number of quaternary nitrogens is 1. The van der Waals surface area contributed by atoms with Crippen LogP contribution in [0.1, 0.15) is 27.9 Å². The molecule has 1 aromatic carbocycles. The average Bonchev–Trinajstić information content (AvgIpc) is 2.97. The van der Waals surface area contributed by atoms with Crippen LogP contribution in [-0.2, 0) is 11.8 Å². The van der Waals surface area contributed by atoms with Crippen molar-refractivity contribution in [2.75, 3.05) is 20.1 Å². The fraction of sp³-hybridized carbons (Fsp3) is 0.476. The van der Waals surface area contributed by atoms with E-state index in [-0.39, 0.29) is 6.04 Å². The number of nitrogens with zero attached hydrogens (tertiary/aromatic N) is 1. The molecule has 1 aromatic rings. The van der Waals surface area contributed by atoms with Crippen LogP contribution in [0.3, 0.4) is 0 Å². The van der Waals surface area contributed by atoms with E-state index in [2.05, 4.69) is 13.6 Å². The molecule has 0 radical (unpaired) electrons. The summed E-state index contributed by atoms with van der Waals surface area (Å²) in [6.07, 6.45) is 5.17. The number of amides is 1. The Morgan fingerprint density at radius 2 is 2.30 bits per heavy atom. The summed E-state index contributed by atoms with van der Waals surface area (Å²) in [4.78, 5) is 12.0. The van der Waals surface area contributed by atoms with Crippen LogP contribution in [0.5, 0.6) is 5.75 Å². The molecule has 2 aliphatic heterocycles. The lowest BCUT2D eigenvalue weighted by atomic mass is 9.50. The first-order valence-electron chi connectivity index (χ1n) is 9.46. The highest BCUT2D eigenvalue weighted by Crippen LogP contribution is 2.64. The third-order valence-electron chi connectivity index (χ3n) is 7.50. The zero-order valence-corrected chi connectivity index (χ0v) is 15.4. The van der Waals surface area contributed by atoms with Gasteiger partial charge in [-0.25, -0.2) is 0 Å². The number of benzene rings is 1. The Hall–Kier alpha value is -2.15. The number of aliphatic hydroxyl groups excluding tert-OH is 1. The molecule has 6 heteroatoms. The summed E-state index contributed by atoms with van der Waals surface area (Å²) in [5.41, 5.74) is 5.91. The molecule has 2 aliphatic carbocycles. The summed E-state index contributed by atoms with van der Waals surface area (Å²) in [6, 6.07) is 3.56. The van der Waals surface area contributed by atoms with Crippen LogP contribution in [0.2, 0.25) is 0 Å². The fourth-order valence-electron chi connectivity index (χ4n) is 6.29. The topological polar surface area (TPSA) is 92.8 Å². The minimum Gasteiger partial charge on any atom is -0.485 e. The van der Waals surface area contributed by atoms with Crippen molar-refractivity contribution in [2.24, 2.45) is 5.73 Å². The molecule has 2 heterocycles. The predicted octanol–water partition coefficient (Wildman–Crippen LogP) is 0.407. The van der Waals surface area contributed by atoms with Crippen molar-refractivity contribution in [3.05, 3.63) is 53.6 Å². The number of hydrogen-bond acceptors (Lipinski definition) is 4. The number of carbonyl (C=O) groups excluding carboxylic acids is 1. The predicted molar refractivity (Wildman–Crippen MR) is 99.4 cm³/mol. The number of rotatable bonds is 3. The van der Waals surface area contributed by atoms with Crippen LogP contribution in [0.25, 0.3) is 0 Å². The normalized spacial score (nSPS) is 43.0. The molecule has 2 bridgehead atoms. The Bertz CT molecular complexity index is 912. The molecule has 142 valence electrons. The van der Waals surface area contributed by atoms with Gasteiger partial charge in [-0.05, 0) is 23.8 Å². The number of ether oxygens (including phenoxy) is 1. The van der Waals surface area contributed by atoms with Crippen molar-refractivity contribution < 1.29 is 24.2 Å². The lowest BCUT2D eigenvalue weighted by molar-refractivity contribution is -0.942. The quantitative estimate of drug-likeness (QED) is 0.531. The minimum absolute atomic E-state index is 0.0861. The summed E-state index contributed by atoms with van der Waals surface area (Å²) in [5, 5.41) is 22.8. The van der Waals surface area contributed by atoms with Crippen molar-refractivity contribution in [1.29, 1.82) is 0 Å². The number of aliphatic hydroxyl groups is 2. The van der Waals surface area contributed by atoms with Crippen LogP contribution in [-0.4, -0.2) is 64.6 Å². The van der Waals surface area contributed by atoms with E-state index >= 15 is 0 Å². The molecule has 1 saturated heterocycles. The van der Waals surface area contributed by atoms with E-state index in [4.69, 9.17) is 10.5 Å². The van der Waals surface area contributed by atoms with E-state index in [0.29, 0.717) is 28.6 Å². The van der Waals surface area contributed by atoms with E-state index in [9.17, 15) is 15.0 Å². The first-order chi connectivity index (χ1) is 12.8. The van der Waals surface area contributed by atoms with E-state index in [1.807, 2.05) is 12.1 Å². The molecular weight excluding hydrogens is 344 g/mol. The van der Waals surface area contributed by atoms with Crippen LogP contribution in [0.15, 0.2) is 36.9 Å². The molecule has 1 unspecified atom stereocenters. The molecule has 27 heavy (non-hydrogen) atoms. The summed E-state index contributed by atoms with van der Waals surface area (Å²) in [6.45, 7) is 5.50. The second kappa shape index (κ2) is 5.01. The standard InChI is InChI=1S/C21H24N2O4/c1-3-9-23(2)10-8-20-16-12-4-5-13(19(22)25)17(16)27-18(20)14(24)6-7-21(20,26)15(23)11-12/h3-7,14-15,18,24,26H,1,8-11H2,2H3,(H-,22,25)/p+1/t14-,15+,18-,20-,21+,23?/m0/s1. The molecule has 1 fully saturated rings. The molecule has 1 amide bonds. The number of nitrogens with two attached hydrogens (primary N) is 1. The van der Waals surface area contributed by atoms with Crippen molar-refractivity contribution in [3.8, 4) is 5.75 Å². The van der Waals surface area contributed by atoms with E-state index in [1.165, 1.54) is 0 Å². The first kappa shape index (κ1) is 17.0. The Morgan fingerprint density at radius 3 is 3.00 bits per heavy atom.